The van der Waals surface area contributed by atoms with Gasteiger partial charge in [-0.05, 0) is 51.0 Å². The Morgan fingerprint density at radius 2 is 1.75 bits per heavy atom. The standard InChI is InChI=1S/C34H36Cl2N10O6/c1-34(2,3)52-33(49)38-15-22-18-44(42-41-22)12-7-13-45-27-25(39-28(45)23-16-37-32(51-6)40-29(23)50-5)31(48)46(24-14-21(36)17-43(4)30(24)47)26(27)19-8-10-20(35)11-9-19/h8-11,14,16-18,26H,7,12-13,15H2,1-6H3,(H,38,49)/t26-/m1/s1. The van der Waals surface area contributed by atoms with E-state index < -0.39 is 29.2 Å². The van der Waals surface area contributed by atoms with Crippen LogP contribution < -0.4 is 25.2 Å². The molecule has 0 saturated carbocycles. The number of nitrogens with zero attached hydrogens (tertiary/aromatic N) is 9. The van der Waals surface area contributed by atoms with Crippen molar-refractivity contribution in [2.75, 3.05) is 19.1 Å². The van der Waals surface area contributed by atoms with Crippen LogP contribution in [0.25, 0.3) is 11.4 Å². The Labute approximate surface area is 308 Å². The average Bonchev–Trinajstić information content (AvgIpc) is 3.79. The van der Waals surface area contributed by atoms with Crippen LogP contribution >= 0.6 is 23.2 Å². The zero-order valence-electron chi connectivity index (χ0n) is 29.3. The van der Waals surface area contributed by atoms with Crippen LogP contribution in [0, 0.1) is 0 Å². The van der Waals surface area contributed by atoms with Gasteiger partial charge in [0, 0.05) is 37.6 Å². The Morgan fingerprint density at radius 3 is 2.44 bits per heavy atom. The molecule has 1 atom stereocenters. The summed E-state index contributed by atoms with van der Waals surface area (Å²) in [6.45, 7) is 6.23. The predicted octanol–water partition coefficient (Wildman–Crippen LogP) is 4.82. The quantitative estimate of drug-likeness (QED) is 0.196. The van der Waals surface area contributed by atoms with Gasteiger partial charge in [-0.1, -0.05) is 40.5 Å². The number of amides is 2. The fraction of sp³-hybridized carbons (Fsp3) is 0.353. The van der Waals surface area contributed by atoms with Gasteiger partial charge in [-0.2, -0.15) is 4.98 Å². The first-order valence-electron chi connectivity index (χ1n) is 16.1. The molecule has 5 heterocycles. The number of fused-ring (bicyclic) bond motifs is 1. The minimum Gasteiger partial charge on any atom is -0.480 e. The van der Waals surface area contributed by atoms with Crippen molar-refractivity contribution in [3.63, 3.8) is 0 Å². The van der Waals surface area contributed by atoms with Gasteiger partial charge < -0.3 is 28.7 Å². The molecule has 2 amide bonds. The molecule has 0 saturated heterocycles. The molecule has 52 heavy (non-hydrogen) atoms. The fourth-order valence-electron chi connectivity index (χ4n) is 5.87. The van der Waals surface area contributed by atoms with E-state index in [1.165, 1.54) is 42.1 Å². The number of benzene rings is 1. The number of aromatic nitrogens is 8. The molecule has 5 aromatic rings. The molecule has 0 bridgehead atoms. The highest BCUT2D eigenvalue weighted by atomic mass is 35.5. The molecule has 18 heteroatoms. The first-order chi connectivity index (χ1) is 24.8. The fourth-order valence-corrected chi connectivity index (χ4v) is 6.24. The maximum atomic E-state index is 14.4. The molecule has 16 nitrogen and oxygen atoms in total. The number of imidazole rings is 1. The van der Waals surface area contributed by atoms with E-state index in [4.69, 9.17) is 42.4 Å². The molecule has 0 aliphatic carbocycles. The maximum Gasteiger partial charge on any atom is 0.407 e. The molecule has 1 aliphatic heterocycles. The van der Waals surface area contributed by atoms with Crippen molar-refractivity contribution in [3.8, 4) is 23.3 Å². The molecule has 0 fully saturated rings. The number of pyridine rings is 1. The number of anilines is 1. The molecule has 4 aromatic heterocycles. The largest absolute Gasteiger partial charge is 0.480 e. The summed E-state index contributed by atoms with van der Waals surface area (Å²) in [7, 11) is 4.47. The van der Waals surface area contributed by atoms with Gasteiger partial charge in [0.25, 0.3) is 11.5 Å². The maximum absolute atomic E-state index is 14.4. The third-order valence-corrected chi connectivity index (χ3v) is 8.50. The van der Waals surface area contributed by atoms with Gasteiger partial charge in [-0.25, -0.2) is 14.8 Å². The van der Waals surface area contributed by atoms with E-state index in [-0.39, 0.29) is 34.8 Å². The van der Waals surface area contributed by atoms with E-state index in [2.05, 4.69) is 25.6 Å². The zero-order chi connectivity index (χ0) is 37.3. The Kier molecular flexibility index (Phi) is 10.2. The number of hydrogen-bond acceptors (Lipinski definition) is 11. The highest BCUT2D eigenvalue weighted by Gasteiger charge is 2.45. The van der Waals surface area contributed by atoms with E-state index in [1.54, 1.807) is 63.0 Å². The second-order valence-corrected chi connectivity index (χ2v) is 13.7. The lowest BCUT2D eigenvalue weighted by Crippen LogP contribution is -2.35. The van der Waals surface area contributed by atoms with Crippen LogP contribution in [0.15, 0.2) is 53.7 Å². The lowest BCUT2D eigenvalue weighted by Gasteiger charge is -2.27. The first kappa shape index (κ1) is 36.3. The summed E-state index contributed by atoms with van der Waals surface area (Å²) in [5, 5.41) is 11.8. The molecule has 1 aliphatic rings. The van der Waals surface area contributed by atoms with Crippen LogP contribution in [0.5, 0.6) is 11.9 Å². The third-order valence-electron chi connectivity index (χ3n) is 8.04. The number of nitrogens with one attached hydrogen (secondary N) is 1. The van der Waals surface area contributed by atoms with E-state index in [0.29, 0.717) is 52.9 Å². The van der Waals surface area contributed by atoms with Crippen LogP contribution in [0.4, 0.5) is 10.5 Å². The SMILES string of the molecule is COc1ncc(-c2nc3c(n2CCCn2cc(CNC(=O)OC(C)(C)C)nn2)[C@@H](c2ccc(Cl)cc2)N(c2cc(Cl)cn(C)c2=O)C3=O)c(OC)n1. The van der Waals surface area contributed by atoms with Crippen molar-refractivity contribution in [3.05, 3.63) is 92.0 Å². The molecular weight excluding hydrogens is 715 g/mol. The monoisotopic (exact) mass is 750 g/mol. The molecule has 0 radical (unpaired) electrons. The molecule has 1 aromatic carbocycles. The van der Waals surface area contributed by atoms with Crippen LogP contribution in [0.1, 0.15) is 60.7 Å². The topological polar surface area (TPSA) is 173 Å². The molecule has 272 valence electrons. The van der Waals surface area contributed by atoms with Crippen LogP contribution in [0.2, 0.25) is 10.0 Å². The number of halogens is 2. The first-order valence-corrected chi connectivity index (χ1v) is 16.9. The molecule has 0 spiro atoms. The van der Waals surface area contributed by atoms with Gasteiger partial charge in [0.15, 0.2) is 5.69 Å². The van der Waals surface area contributed by atoms with E-state index in [1.807, 2.05) is 4.57 Å². The lowest BCUT2D eigenvalue weighted by atomic mass is 10.0. The summed E-state index contributed by atoms with van der Waals surface area (Å²) in [4.78, 5) is 55.0. The Morgan fingerprint density at radius 1 is 1.00 bits per heavy atom. The Hall–Kier alpha value is -5.48. The number of carbonyl (C=O) groups is 2. The summed E-state index contributed by atoms with van der Waals surface area (Å²) in [5.74, 6) is 0.0589. The van der Waals surface area contributed by atoms with Crippen molar-refractivity contribution in [1.29, 1.82) is 0 Å². The second-order valence-electron chi connectivity index (χ2n) is 12.9. The van der Waals surface area contributed by atoms with E-state index >= 15 is 0 Å². The number of rotatable bonds is 11. The van der Waals surface area contributed by atoms with E-state index in [0.717, 1.165) is 0 Å². The normalized spacial score (nSPS) is 14.0. The summed E-state index contributed by atoms with van der Waals surface area (Å²) in [5.41, 5.74) is 1.35. The smallest absolute Gasteiger partial charge is 0.407 e. The van der Waals surface area contributed by atoms with E-state index in [9.17, 15) is 14.4 Å². The Bertz CT molecular complexity index is 2190. The van der Waals surface area contributed by atoms with Crippen molar-refractivity contribution >= 4 is 40.9 Å². The number of carbonyl (C=O) groups excluding carboxylic acids is 2. The third kappa shape index (κ3) is 7.43. The highest BCUT2D eigenvalue weighted by Crippen LogP contribution is 2.44. The number of hydrogen-bond donors (Lipinski definition) is 1. The second kappa shape index (κ2) is 14.6. The average molecular weight is 752 g/mol. The summed E-state index contributed by atoms with van der Waals surface area (Å²) in [6.07, 6.45) is 4.67. The van der Waals surface area contributed by atoms with Crippen molar-refractivity contribution in [2.24, 2.45) is 7.05 Å². The van der Waals surface area contributed by atoms with Crippen LogP contribution in [0.3, 0.4) is 0 Å². The summed E-state index contributed by atoms with van der Waals surface area (Å²) in [6, 6.07) is 7.80. The minimum atomic E-state index is -0.797. The van der Waals surface area contributed by atoms with Crippen molar-refractivity contribution in [2.45, 2.75) is 58.5 Å². The number of ether oxygens (including phenoxy) is 3. The van der Waals surface area contributed by atoms with Gasteiger partial charge in [0.05, 0.1) is 43.2 Å². The van der Waals surface area contributed by atoms with Gasteiger partial charge in [0.2, 0.25) is 5.88 Å². The van der Waals surface area contributed by atoms with Gasteiger partial charge in [-0.3, -0.25) is 19.2 Å². The molecule has 6 rings (SSSR count). The lowest BCUT2D eigenvalue weighted by molar-refractivity contribution is 0.0522. The number of alkyl carbamates (subject to hydrolysis) is 1. The van der Waals surface area contributed by atoms with Crippen molar-refractivity contribution in [1.82, 2.24) is 44.4 Å². The highest BCUT2D eigenvalue weighted by molar-refractivity contribution is 6.31. The summed E-state index contributed by atoms with van der Waals surface area (Å²) < 4.78 is 21.0. The number of aryl methyl sites for hydroxylation is 2. The molecule has 0 unspecified atom stereocenters. The summed E-state index contributed by atoms with van der Waals surface area (Å²) >= 11 is 12.7. The number of methoxy groups -OCH3 is 2. The van der Waals surface area contributed by atoms with Gasteiger partial charge >= 0.3 is 12.1 Å². The van der Waals surface area contributed by atoms with Crippen LogP contribution in [-0.2, 0) is 31.4 Å². The van der Waals surface area contributed by atoms with Crippen LogP contribution in [-0.4, -0.2) is 70.9 Å². The molecular formula is C34H36Cl2N10O6. The molecule has 1 N–H and O–H groups in total. The van der Waals surface area contributed by atoms with Crippen molar-refractivity contribution < 1.29 is 23.8 Å². The van der Waals surface area contributed by atoms with Gasteiger partial charge in [-0.15, -0.1) is 5.10 Å². The minimum absolute atomic E-state index is 0.0894. The Balaban J connectivity index is 1.40. The zero-order valence-corrected chi connectivity index (χ0v) is 30.8. The van der Waals surface area contributed by atoms with Gasteiger partial charge in [0.1, 0.15) is 28.8 Å². The predicted molar refractivity (Wildman–Crippen MR) is 191 cm³/mol.